The van der Waals surface area contributed by atoms with Crippen LogP contribution >= 0.6 is 15.9 Å². The highest BCUT2D eigenvalue weighted by Gasteiger charge is 2.06. The lowest BCUT2D eigenvalue weighted by molar-refractivity contribution is 0.811. The summed E-state index contributed by atoms with van der Waals surface area (Å²) < 4.78 is 1.16. The van der Waals surface area contributed by atoms with E-state index in [1.54, 1.807) is 0 Å². The van der Waals surface area contributed by atoms with E-state index in [0.29, 0.717) is 0 Å². The van der Waals surface area contributed by atoms with Gasteiger partial charge in [-0.05, 0) is 48.9 Å². The molecule has 0 heterocycles. The Kier molecular flexibility index (Phi) is 5.21. The molecular formula is C17H21BrN2. The molecule has 2 aromatic rings. The predicted octanol–water partition coefficient (Wildman–Crippen LogP) is 4.11. The van der Waals surface area contributed by atoms with Gasteiger partial charge in [-0.15, -0.1) is 0 Å². The van der Waals surface area contributed by atoms with Crippen molar-refractivity contribution in [3.63, 3.8) is 0 Å². The minimum Gasteiger partial charge on any atom is -0.370 e. The van der Waals surface area contributed by atoms with Gasteiger partial charge < -0.3 is 10.2 Å². The molecule has 2 aromatic carbocycles. The van der Waals surface area contributed by atoms with E-state index in [1.807, 2.05) is 13.1 Å². The Bertz CT molecular complexity index is 581. The second kappa shape index (κ2) is 6.91. The van der Waals surface area contributed by atoms with Gasteiger partial charge in [0.2, 0.25) is 0 Å². The fourth-order valence-electron chi connectivity index (χ4n) is 2.28. The predicted molar refractivity (Wildman–Crippen MR) is 90.2 cm³/mol. The molecule has 0 amide bonds. The van der Waals surface area contributed by atoms with Crippen LogP contribution in [0.1, 0.15) is 16.7 Å². The van der Waals surface area contributed by atoms with Crippen LogP contribution in [0.5, 0.6) is 0 Å². The lowest BCUT2D eigenvalue weighted by atomic mass is 10.1. The van der Waals surface area contributed by atoms with E-state index >= 15 is 0 Å². The van der Waals surface area contributed by atoms with Gasteiger partial charge in [0.1, 0.15) is 0 Å². The van der Waals surface area contributed by atoms with Crippen LogP contribution in [0.25, 0.3) is 0 Å². The van der Waals surface area contributed by atoms with E-state index in [-0.39, 0.29) is 0 Å². The van der Waals surface area contributed by atoms with Crippen LogP contribution in [-0.4, -0.2) is 14.1 Å². The minimum absolute atomic E-state index is 0.895. The zero-order chi connectivity index (χ0) is 14.5. The van der Waals surface area contributed by atoms with Gasteiger partial charge in [-0.1, -0.05) is 40.2 Å². The zero-order valence-electron chi connectivity index (χ0n) is 12.3. The summed E-state index contributed by atoms with van der Waals surface area (Å²) in [6.45, 7) is 3.98. The Balaban J connectivity index is 2.15. The molecule has 0 aromatic heterocycles. The first kappa shape index (κ1) is 15.1. The molecule has 0 fully saturated rings. The number of halogens is 1. The maximum atomic E-state index is 3.61. The second-order valence-electron chi connectivity index (χ2n) is 5.09. The highest BCUT2D eigenvalue weighted by atomic mass is 79.9. The van der Waals surface area contributed by atoms with Crippen molar-refractivity contribution in [2.45, 2.75) is 20.0 Å². The Morgan fingerprint density at radius 1 is 1.10 bits per heavy atom. The number of hydrogen-bond donors (Lipinski definition) is 1. The molecule has 0 bridgehead atoms. The SMILES string of the molecule is CNCc1ccc(N(C)Cc2ccccc2Br)cc1C. The summed E-state index contributed by atoms with van der Waals surface area (Å²) in [6, 6.07) is 15.0. The highest BCUT2D eigenvalue weighted by molar-refractivity contribution is 9.10. The lowest BCUT2D eigenvalue weighted by Gasteiger charge is -2.21. The Morgan fingerprint density at radius 2 is 1.85 bits per heavy atom. The van der Waals surface area contributed by atoms with Crippen LogP contribution in [-0.2, 0) is 13.1 Å². The number of nitrogens with zero attached hydrogens (tertiary/aromatic N) is 1. The van der Waals surface area contributed by atoms with Crippen LogP contribution in [0.15, 0.2) is 46.9 Å². The number of nitrogens with one attached hydrogen (secondary N) is 1. The van der Waals surface area contributed by atoms with Gasteiger partial charge in [0.05, 0.1) is 0 Å². The Morgan fingerprint density at radius 3 is 2.50 bits per heavy atom. The molecule has 1 N–H and O–H groups in total. The van der Waals surface area contributed by atoms with Crippen molar-refractivity contribution in [2.24, 2.45) is 0 Å². The van der Waals surface area contributed by atoms with Gasteiger partial charge in [-0.2, -0.15) is 0 Å². The van der Waals surface area contributed by atoms with Crippen molar-refractivity contribution in [2.75, 3.05) is 19.0 Å². The summed E-state index contributed by atoms with van der Waals surface area (Å²) in [5, 5.41) is 3.20. The van der Waals surface area contributed by atoms with Crippen molar-refractivity contribution in [1.29, 1.82) is 0 Å². The molecule has 3 heteroatoms. The van der Waals surface area contributed by atoms with E-state index in [2.05, 4.69) is 76.5 Å². The summed E-state index contributed by atoms with van der Waals surface area (Å²) in [5.74, 6) is 0. The summed E-state index contributed by atoms with van der Waals surface area (Å²) in [5.41, 5.74) is 5.23. The maximum Gasteiger partial charge on any atom is 0.0437 e. The van der Waals surface area contributed by atoms with Gasteiger partial charge in [-0.25, -0.2) is 0 Å². The first-order valence-electron chi connectivity index (χ1n) is 6.80. The molecule has 0 radical (unpaired) electrons. The molecule has 0 atom stereocenters. The largest absolute Gasteiger partial charge is 0.370 e. The third kappa shape index (κ3) is 3.62. The average molecular weight is 333 g/mol. The molecule has 106 valence electrons. The van der Waals surface area contributed by atoms with Crippen molar-refractivity contribution in [3.8, 4) is 0 Å². The number of aryl methyl sites for hydroxylation is 1. The number of anilines is 1. The molecule has 2 rings (SSSR count). The maximum absolute atomic E-state index is 3.61. The van der Waals surface area contributed by atoms with Gasteiger partial charge >= 0.3 is 0 Å². The third-order valence-corrected chi connectivity index (χ3v) is 4.27. The lowest BCUT2D eigenvalue weighted by Crippen LogP contribution is -2.17. The monoisotopic (exact) mass is 332 g/mol. The first-order valence-corrected chi connectivity index (χ1v) is 7.60. The standard InChI is InChI=1S/C17H21BrN2/c1-13-10-16(9-8-14(13)11-19-2)20(3)12-15-6-4-5-7-17(15)18/h4-10,19H,11-12H2,1-3H3. The summed E-state index contributed by atoms with van der Waals surface area (Å²) >= 11 is 3.61. The van der Waals surface area contributed by atoms with Crippen LogP contribution < -0.4 is 10.2 Å². The van der Waals surface area contributed by atoms with Gasteiger partial charge in [-0.3, -0.25) is 0 Å². The minimum atomic E-state index is 0.895. The van der Waals surface area contributed by atoms with Crippen LogP contribution in [0.4, 0.5) is 5.69 Å². The molecule has 0 aliphatic heterocycles. The van der Waals surface area contributed by atoms with Crippen LogP contribution in [0.2, 0.25) is 0 Å². The first-order chi connectivity index (χ1) is 9.61. The van der Waals surface area contributed by atoms with Crippen molar-refractivity contribution in [1.82, 2.24) is 5.32 Å². The van der Waals surface area contributed by atoms with E-state index in [1.165, 1.54) is 22.4 Å². The van der Waals surface area contributed by atoms with Crippen molar-refractivity contribution < 1.29 is 0 Å². The topological polar surface area (TPSA) is 15.3 Å². The number of rotatable bonds is 5. The molecular weight excluding hydrogens is 312 g/mol. The fraction of sp³-hybridized carbons (Fsp3) is 0.294. The van der Waals surface area contributed by atoms with Crippen LogP contribution in [0, 0.1) is 6.92 Å². The van der Waals surface area contributed by atoms with Crippen LogP contribution in [0.3, 0.4) is 0 Å². The highest BCUT2D eigenvalue weighted by Crippen LogP contribution is 2.23. The normalized spacial score (nSPS) is 10.6. The van der Waals surface area contributed by atoms with E-state index in [4.69, 9.17) is 0 Å². The number of hydrogen-bond acceptors (Lipinski definition) is 2. The van der Waals surface area contributed by atoms with Crippen molar-refractivity contribution >= 4 is 21.6 Å². The van der Waals surface area contributed by atoms with Gasteiger partial charge in [0, 0.05) is 30.3 Å². The van der Waals surface area contributed by atoms with E-state index < -0.39 is 0 Å². The molecule has 0 spiro atoms. The van der Waals surface area contributed by atoms with E-state index in [0.717, 1.165) is 17.6 Å². The van der Waals surface area contributed by atoms with Gasteiger partial charge in [0.15, 0.2) is 0 Å². The molecule has 0 unspecified atom stereocenters. The van der Waals surface area contributed by atoms with Gasteiger partial charge in [0.25, 0.3) is 0 Å². The Hall–Kier alpha value is -1.32. The molecule has 0 saturated carbocycles. The number of benzene rings is 2. The second-order valence-corrected chi connectivity index (χ2v) is 5.94. The molecule has 0 saturated heterocycles. The smallest absolute Gasteiger partial charge is 0.0437 e. The fourth-order valence-corrected chi connectivity index (χ4v) is 2.69. The third-order valence-electron chi connectivity index (χ3n) is 3.50. The molecule has 20 heavy (non-hydrogen) atoms. The van der Waals surface area contributed by atoms with E-state index in [9.17, 15) is 0 Å². The summed E-state index contributed by atoms with van der Waals surface area (Å²) in [6.07, 6.45) is 0. The molecule has 2 nitrogen and oxygen atoms in total. The molecule has 0 aliphatic carbocycles. The van der Waals surface area contributed by atoms with Crippen molar-refractivity contribution in [3.05, 3.63) is 63.6 Å². The molecule has 0 aliphatic rings. The average Bonchev–Trinajstić information content (AvgIpc) is 2.43. The summed E-state index contributed by atoms with van der Waals surface area (Å²) in [4.78, 5) is 2.27. The quantitative estimate of drug-likeness (QED) is 0.886. The zero-order valence-corrected chi connectivity index (χ0v) is 13.9. The summed E-state index contributed by atoms with van der Waals surface area (Å²) in [7, 11) is 4.11. The Labute approximate surface area is 129 Å².